The van der Waals surface area contributed by atoms with E-state index in [4.69, 9.17) is 175 Å². The predicted octanol–water partition coefficient (Wildman–Crippen LogP) is 21.4. The summed E-state index contributed by atoms with van der Waals surface area (Å²) in [5.41, 5.74) is 12.6. The van der Waals surface area contributed by atoms with Gasteiger partial charge in [0, 0.05) is 215 Å². The molecule has 0 unspecified atom stereocenters. The van der Waals surface area contributed by atoms with E-state index < -0.39 is 92.7 Å². The lowest BCUT2D eigenvalue weighted by molar-refractivity contribution is 0.0297. The van der Waals surface area contributed by atoms with Crippen LogP contribution in [0, 0.1) is 47.9 Å². The molecular formula is C66H170F4N16O10S2. The standard InChI is InChI=1S/C32H32F2N4O8S2.C22H22F2N8O.C6H12N2.C5H6N2O.CH4.47H2/c1-32(2,3)46-31(39)38(4)23-15-22(33)26(34)24-25-28(35-27(23)24)36-30(48(42,43)17-19-9-13-21(45-6)14-10-19)37-29(25)47(40,41)16-18-7-11-20(44-5)12-8-18;1-10-27-6-11(7-28-10)33-21-30-19-16(15-17(24)12(23)5-13(26-2)18(15)29-19)20(31-21)32-8-22(9-32)4-3-14(22)25;7-5-1-2-6(5)3-8-4-6;1-4-6-2-5(8)3-7-4;;;;;;;;;;;;;;;;;;;;;;;;;;;;;;;;;;;;;;;;;;;;;;;;/h7-15H,16-17H2,1-6H3,(H,35,36,37);5-7,14,26H,3-4,8-9,25H2,1-2H3,(H,29,30,31);5,8H,1-4,7H2;2-3,8H,1H3;1H4;47*1H/t;14-;5-;;;;;;;;;;;;;;;;;;;;;;;;;;;;;;;;;;;;;;;;;;;;;;;;;/m.11................................................./s1/i;;;;;47*1+1D. The lowest BCUT2D eigenvalue weighted by atomic mass is 9.60. The van der Waals surface area contributed by atoms with Crippen LogP contribution >= 0.6 is 0 Å². The molecule has 2 spiro atoms. The average Bonchev–Trinajstić information content (AvgIpc) is 1.43. The minimum atomic E-state index is -4.58. The zero-order valence-corrected chi connectivity index (χ0v) is 56.0. The second kappa shape index (κ2) is 27.7. The zero-order valence-electron chi connectivity index (χ0n) is 148. The van der Waals surface area contributed by atoms with Crippen molar-refractivity contribution < 1.29 is 203 Å². The number of carbonyl (C=O) groups is 1. The van der Waals surface area contributed by atoms with Gasteiger partial charge in [-0.15, -0.1) is 0 Å². The summed E-state index contributed by atoms with van der Waals surface area (Å²) in [6.45, 7) is 12.1. The number of nitrogens with zero attached hydrogens (tertiary/aromatic N) is 10. The molecule has 9 N–H and O–H groups in total. The van der Waals surface area contributed by atoms with Crippen molar-refractivity contribution in [3.05, 3.63) is 131 Å². The number of nitrogens with one attached hydrogen (secondary N) is 4. The molecule has 32 heteroatoms. The number of aromatic nitrogens is 10. The third kappa shape index (κ3) is 14.4. The summed E-state index contributed by atoms with van der Waals surface area (Å²) in [7, 11) is -3.20. The number of rotatable bonds is 13. The minimum absolute atomic E-state index is 0. The second-order valence-corrected chi connectivity index (χ2v) is 29.1. The maximum Gasteiger partial charge on any atom is 0.414 e. The molecule has 14 rings (SSSR count). The first kappa shape index (κ1) is 32.4. The summed E-state index contributed by atoms with van der Waals surface area (Å²) in [5.74, 6) is -2.89. The Morgan fingerprint density at radius 2 is 1.23 bits per heavy atom. The first-order valence-corrected chi connectivity index (χ1v) is 33.9. The third-order valence-electron chi connectivity index (χ3n) is 17.5. The van der Waals surface area contributed by atoms with Gasteiger partial charge in [0.05, 0.1) is 94.5 Å². The SMILES string of the molecule is C.CNc1cc(F)c(F)c2c1[nH]c1nc(Oc3cnc(C)nc3)nc(N3CC4(CC[C@H]4N)C3)c12.COc1ccc(CS(=O)(=O)c2nc(S(=O)(=O)Cc3ccc(OC)cc3)c3c(n2)[nH]c2c(N(C)C(=O)OC(C)(C)C)cc(F)c(F)c23)cc1.Cc1ncc(O)cn1.N[C@@H]1CCC12CNC2.[2H][2H].[2H][2H].[2H][2H].[2H][2H].[2H][2H].[2H][2H].[2H][2H].[2H][2H].[2H][2H].[2H][2H].[2H][2H].[2H][2H].[2H][2H].[2H][2H].[2H][2H].[2H][2H].[2H][2H].[2H][2H].[2H][2H].[2H][2H].[2H][2H].[2H][2H].[2H][2H].[2H][2H].[2H][2H].[2H][2H].[2H][2H].[2H][2H].[2H][2H].[2H][2H].[2H][2H].[2H][2H].[2H][2H].[2H][2H].[2H][2H].[2H][2H].[2H][2H].[2H][2H].[2H][2H].[2H][2H].[2H][2H].[2H][2H].[2H][2H].[2H][2H].[2H][2H].[2H][2H].[2H][2H]. The van der Waals surface area contributed by atoms with Crippen molar-refractivity contribution in [1.29, 1.82) is 0 Å². The lowest BCUT2D eigenvalue weighted by Gasteiger charge is -2.60. The fourth-order valence-electron chi connectivity index (χ4n) is 11.7. The number of nitrogens with two attached hydrogens (primary N) is 2. The van der Waals surface area contributed by atoms with Crippen LogP contribution in [0.25, 0.3) is 43.9 Å². The highest BCUT2D eigenvalue weighted by Gasteiger charge is 2.54. The lowest BCUT2D eigenvalue weighted by Crippen LogP contribution is -2.69. The maximum absolute atomic E-state index is 15.7. The van der Waals surface area contributed by atoms with E-state index in [1.807, 2.05) is 4.90 Å². The monoisotopic (exact) mass is 1580 g/mol. The van der Waals surface area contributed by atoms with E-state index in [-0.39, 0.29) is 52.8 Å². The van der Waals surface area contributed by atoms with Gasteiger partial charge in [-0.05, 0) is 95.7 Å². The van der Waals surface area contributed by atoms with Gasteiger partial charge < -0.3 is 61.0 Å². The number of amides is 1. The Balaban J connectivity index is -0.0000000402. The molecule has 98 heavy (non-hydrogen) atoms. The molecule has 2 saturated carbocycles. The number of carbonyl (C=O) groups excluding carboxylic acids is 1. The highest BCUT2D eigenvalue weighted by atomic mass is 32.2. The summed E-state index contributed by atoms with van der Waals surface area (Å²) in [6.07, 6.45) is 9.52. The smallest absolute Gasteiger partial charge is 0.414 e. The zero-order chi connectivity index (χ0) is 164. The predicted molar refractivity (Wildman–Crippen MR) is 460 cm³/mol. The minimum Gasteiger partial charge on any atom is -0.505 e. The molecule has 2 atom stereocenters. The number of methoxy groups -OCH3 is 2. The highest BCUT2D eigenvalue weighted by Crippen LogP contribution is 2.51. The van der Waals surface area contributed by atoms with E-state index >= 15 is 13.2 Å². The van der Waals surface area contributed by atoms with Gasteiger partial charge in [0.1, 0.15) is 45.9 Å². The fourth-order valence-corrected chi connectivity index (χ4v) is 14.5. The van der Waals surface area contributed by atoms with Crippen molar-refractivity contribution in [3.8, 4) is 29.0 Å². The molecule has 2 saturated heterocycles. The molecule has 1 amide bonds. The molecule has 6 aromatic heterocycles. The Bertz CT molecular complexity index is 5010. The number of halogens is 4. The van der Waals surface area contributed by atoms with Crippen molar-refractivity contribution in [2.24, 2.45) is 22.3 Å². The van der Waals surface area contributed by atoms with Crippen molar-refractivity contribution in [2.75, 3.05) is 69.6 Å². The second-order valence-electron chi connectivity index (χ2n) is 25.3. The van der Waals surface area contributed by atoms with Crippen molar-refractivity contribution in [3.63, 3.8) is 0 Å². The molecule has 4 aliphatic rings. The van der Waals surface area contributed by atoms with Gasteiger partial charge in [-0.2, -0.15) is 9.97 Å². The van der Waals surface area contributed by atoms with E-state index in [1.54, 1.807) is 53.8 Å². The van der Waals surface area contributed by atoms with Crippen LogP contribution in [0.1, 0.15) is 216 Å². The number of benzene rings is 4. The normalized spacial score (nSPS) is 20.4. The first-order valence-electron chi connectivity index (χ1n) is 77.6. The number of aromatic amines is 2. The first-order chi connectivity index (χ1) is 92.9. The molecular weight excluding hydrogens is 1320 g/mol. The van der Waals surface area contributed by atoms with Gasteiger partial charge in [0.25, 0.3) is 5.16 Å². The summed E-state index contributed by atoms with van der Waals surface area (Å²) in [4.78, 5) is 54.6. The van der Waals surface area contributed by atoms with Crippen molar-refractivity contribution in [1.82, 2.24) is 55.2 Å². The van der Waals surface area contributed by atoms with Crippen LogP contribution in [0.2, 0.25) is 0 Å². The number of aromatic hydroxyl groups is 1. The summed E-state index contributed by atoms with van der Waals surface area (Å²) in [6, 6.07) is 14.7. The highest BCUT2D eigenvalue weighted by molar-refractivity contribution is 7.91. The summed E-state index contributed by atoms with van der Waals surface area (Å²) < 4.78 is 607. The van der Waals surface area contributed by atoms with Crippen LogP contribution in [-0.4, -0.2) is 150 Å². The van der Waals surface area contributed by atoms with Gasteiger partial charge in [-0.25, -0.2) is 69.1 Å². The van der Waals surface area contributed by atoms with E-state index in [9.17, 15) is 26.0 Å². The molecule has 4 fully saturated rings. The number of hydrogen-bond donors (Lipinski definition) is 7. The molecule has 10 aromatic rings. The van der Waals surface area contributed by atoms with Crippen LogP contribution in [0.15, 0.2) is 95.6 Å². The number of aryl methyl sites for hydroxylation is 2. The Morgan fingerprint density at radius 3 is 1.70 bits per heavy atom. The van der Waals surface area contributed by atoms with Gasteiger partial charge in [0.2, 0.25) is 19.7 Å². The van der Waals surface area contributed by atoms with Crippen LogP contribution in [0.3, 0.4) is 0 Å². The van der Waals surface area contributed by atoms with Gasteiger partial charge >= 0.3 is 12.1 Å². The Morgan fingerprint density at radius 1 is 0.724 bits per heavy atom. The van der Waals surface area contributed by atoms with Crippen molar-refractivity contribution in [2.45, 2.75) is 107 Å². The quantitative estimate of drug-likeness (QED) is 0.0320. The summed E-state index contributed by atoms with van der Waals surface area (Å²) in [5, 5.41) is 12.5. The number of sulfone groups is 2. The Labute approximate surface area is 707 Å². The average molecular weight is 1580 g/mol. The van der Waals surface area contributed by atoms with E-state index in [0.717, 1.165) is 29.9 Å². The molecule has 4 aromatic carbocycles. The molecule has 2 aliphatic heterocycles. The molecule has 26 nitrogen and oxygen atoms in total. The number of anilines is 3. The van der Waals surface area contributed by atoms with Gasteiger partial charge in [-0.3, -0.25) is 4.90 Å². The van der Waals surface area contributed by atoms with E-state index in [0.29, 0.717) is 87.1 Å². The molecule has 0 bridgehead atoms. The topological polar surface area (TPSA) is 360 Å². The van der Waals surface area contributed by atoms with Gasteiger partial charge in [0.15, 0.2) is 39.8 Å². The Hall–Kier alpha value is -9.63. The Kier molecular flexibility index (Phi) is 9.15. The third-order valence-corrected chi connectivity index (χ3v) is 20.6. The molecule has 614 valence electrons. The molecule has 2 aliphatic carbocycles. The van der Waals surface area contributed by atoms with Crippen LogP contribution in [0.4, 0.5) is 39.5 Å². The number of H-pyrrole nitrogens is 2. The number of hydrogen-bond acceptors (Lipinski definition) is 23. The van der Waals surface area contributed by atoms with Crippen LogP contribution < -0.4 is 46.1 Å². The van der Waals surface area contributed by atoms with E-state index in [1.165, 1.54) is 108 Å². The number of ether oxygens (including phenoxy) is 4. The fraction of sp³-hybridized carbons (Fsp3) is 0.379. The summed E-state index contributed by atoms with van der Waals surface area (Å²) >= 11 is 0. The van der Waals surface area contributed by atoms with Crippen molar-refractivity contribution >= 4 is 86.8 Å². The number of fused-ring (bicyclic) bond motifs is 6. The largest absolute Gasteiger partial charge is 0.505 e. The maximum atomic E-state index is 15.7. The molecule has 8 heterocycles. The molecule has 0 radical (unpaired) electrons. The van der Waals surface area contributed by atoms with Crippen LogP contribution in [0.5, 0.6) is 29.0 Å². The van der Waals surface area contributed by atoms with Crippen LogP contribution in [-0.2, 0) is 35.9 Å². The van der Waals surface area contributed by atoms with E-state index in [2.05, 4.69) is 60.5 Å². The van der Waals surface area contributed by atoms with Gasteiger partial charge in [-0.1, -0.05) is 31.7 Å².